The predicted octanol–water partition coefficient (Wildman–Crippen LogP) is 5.15. The summed E-state index contributed by atoms with van der Waals surface area (Å²) in [5.74, 6) is 0. The van der Waals surface area contributed by atoms with E-state index < -0.39 is 11.9 Å². The summed E-state index contributed by atoms with van der Waals surface area (Å²) in [6.45, 7) is 8.18. The number of hydrogen-bond donors (Lipinski definition) is 1. The van der Waals surface area contributed by atoms with Crippen molar-refractivity contribution in [2.24, 2.45) is 0 Å². The van der Waals surface area contributed by atoms with Crippen LogP contribution < -0.4 is 0 Å². The minimum absolute atomic E-state index is 0.163. The third-order valence-electron chi connectivity index (χ3n) is 4.30. The first-order chi connectivity index (χ1) is 12.7. The van der Waals surface area contributed by atoms with Gasteiger partial charge in [0.15, 0.2) is 6.29 Å². The van der Waals surface area contributed by atoms with Crippen LogP contribution in [0.25, 0.3) is 0 Å². The molecule has 0 saturated carbocycles. The van der Waals surface area contributed by atoms with E-state index in [1.165, 1.54) is 0 Å². The molecule has 0 spiro atoms. The maximum atomic E-state index is 9.93. The van der Waals surface area contributed by atoms with E-state index in [0.29, 0.717) is 19.8 Å². The molecule has 0 fully saturated rings. The molecule has 0 heterocycles. The van der Waals surface area contributed by atoms with Gasteiger partial charge in [-0.15, -0.1) is 0 Å². The van der Waals surface area contributed by atoms with Crippen molar-refractivity contribution in [3.8, 4) is 0 Å². The largest absolute Gasteiger partial charge is 0.378 e. The van der Waals surface area contributed by atoms with Crippen molar-refractivity contribution in [3.63, 3.8) is 0 Å². The summed E-state index contributed by atoms with van der Waals surface area (Å²) in [5.41, 5.74) is -0.437. The van der Waals surface area contributed by atoms with E-state index in [1.54, 1.807) is 0 Å². The van der Waals surface area contributed by atoms with Crippen LogP contribution in [0.4, 0.5) is 0 Å². The second-order valence-electron chi connectivity index (χ2n) is 6.53. The Hall–Kier alpha value is -0.980. The Morgan fingerprint density at radius 1 is 0.846 bits per heavy atom. The summed E-state index contributed by atoms with van der Waals surface area (Å²) in [4.78, 5) is 5.05. The highest BCUT2D eigenvalue weighted by atomic mass is 17.1. The molecule has 0 aliphatic heterocycles. The highest BCUT2D eigenvalue weighted by molar-refractivity contribution is 5.24. The van der Waals surface area contributed by atoms with Gasteiger partial charge in [0, 0.05) is 19.8 Å². The molecule has 1 N–H and O–H groups in total. The molecule has 0 amide bonds. The topological polar surface area (TPSA) is 57.2 Å². The van der Waals surface area contributed by atoms with Gasteiger partial charge in [0.25, 0.3) is 0 Å². The predicted molar refractivity (Wildman–Crippen MR) is 103 cm³/mol. The van der Waals surface area contributed by atoms with Crippen LogP contribution in [0.2, 0.25) is 0 Å². The summed E-state index contributed by atoms with van der Waals surface area (Å²) in [5, 5.41) is 9.93. The van der Waals surface area contributed by atoms with Crippen molar-refractivity contribution in [2.75, 3.05) is 26.4 Å². The first kappa shape index (κ1) is 23.1. The molecule has 150 valence electrons. The normalized spacial score (nSPS) is 13.9. The van der Waals surface area contributed by atoms with Crippen LogP contribution in [0.15, 0.2) is 30.3 Å². The van der Waals surface area contributed by atoms with Crippen molar-refractivity contribution in [1.82, 2.24) is 0 Å². The Morgan fingerprint density at radius 3 is 1.88 bits per heavy atom. The number of unbranched alkanes of at least 4 members (excludes halogenated alkanes) is 3. The average Bonchev–Trinajstić information content (AvgIpc) is 2.68. The van der Waals surface area contributed by atoms with Crippen LogP contribution in [-0.4, -0.2) is 38.0 Å². The smallest absolute Gasteiger partial charge is 0.202 e. The zero-order valence-corrected chi connectivity index (χ0v) is 16.6. The third-order valence-corrected chi connectivity index (χ3v) is 4.30. The lowest BCUT2D eigenvalue weighted by atomic mass is 9.93. The van der Waals surface area contributed by atoms with Gasteiger partial charge in [-0.05, 0) is 24.8 Å². The molecule has 26 heavy (non-hydrogen) atoms. The maximum Gasteiger partial charge on any atom is 0.202 e. The number of hydrogen-bond acceptors (Lipinski definition) is 5. The highest BCUT2D eigenvalue weighted by Gasteiger charge is 2.45. The fourth-order valence-electron chi connectivity index (χ4n) is 2.59. The Balaban J connectivity index is 3.03. The lowest BCUT2D eigenvalue weighted by Gasteiger charge is -2.37. The standard InChI is InChI=1S/C21H36O5/c1-4-7-15-23-18-21(26-22,19-13-11-10-12-14-19)20(24-16-8-5-2)25-17-9-6-3/h10-14,20,22H,4-9,15-18H2,1-3H3. The summed E-state index contributed by atoms with van der Waals surface area (Å²) in [6, 6.07) is 9.54. The molecular weight excluding hydrogens is 332 g/mol. The molecule has 0 aromatic heterocycles. The first-order valence-corrected chi connectivity index (χ1v) is 9.94. The summed E-state index contributed by atoms with van der Waals surface area (Å²) >= 11 is 0. The van der Waals surface area contributed by atoms with E-state index in [-0.39, 0.29) is 6.61 Å². The molecule has 1 rings (SSSR count). The summed E-state index contributed by atoms with van der Waals surface area (Å²) in [7, 11) is 0. The molecule has 0 bridgehead atoms. The minimum atomic E-state index is -1.21. The van der Waals surface area contributed by atoms with Gasteiger partial charge in [-0.2, -0.15) is 0 Å². The molecule has 1 aromatic carbocycles. The second kappa shape index (κ2) is 14.1. The van der Waals surface area contributed by atoms with E-state index in [1.807, 2.05) is 30.3 Å². The van der Waals surface area contributed by atoms with E-state index in [0.717, 1.165) is 44.1 Å². The molecule has 5 heteroatoms. The molecule has 0 saturated heterocycles. The van der Waals surface area contributed by atoms with E-state index in [2.05, 4.69) is 20.8 Å². The Labute approximate surface area is 158 Å². The minimum Gasteiger partial charge on any atom is -0.378 e. The Morgan fingerprint density at radius 2 is 1.38 bits per heavy atom. The van der Waals surface area contributed by atoms with Gasteiger partial charge in [0.1, 0.15) is 0 Å². The Bertz CT molecular complexity index is 429. The second-order valence-corrected chi connectivity index (χ2v) is 6.53. The molecular formula is C21H36O5. The number of ether oxygens (including phenoxy) is 3. The third kappa shape index (κ3) is 7.33. The average molecular weight is 369 g/mol. The molecule has 1 unspecified atom stereocenters. The first-order valence-electron chi connectivity index (χ1n) is 9.94. The van der Waals surface area contributed by atoms with Crippen molar-refractivity contribution in [3.05, 3.63) is 35.9 Å². The molecule has 1 aromatic rings. The zero-order chi connectivity index (χ0) is 19.1. The SMILES string of the molecule is CCCCOCC(OO)(c1ccccc1)C(OCCCC)OCCCC. The van der Waals surface area contributed by atoms with Gasteiger partial charge in [0.2, 0.25) is 5.60 Å². The van der Waals surface area contributed by atoms with Crippen molar-refractivity contribution >= 4 is 0 Å². The molecule has 0 aliphatic carbocycles. The van der Waals surface area contributed by atoms with Crippen LogP contribution in [0, 0.1) is 0 Å². The fourth-order valence-corrected chi connectivity index (χ4v) is 2.59. The molecule has 0 radical (unpaired) electrons. The Kier molecular flexibility index (Phi) is 12.5. The van der Waals surface area contributed by atoms with Crippen LogP contribution in [0.1, 0.15) is 64.9 Å². The lowest BCUT2D eigenvalue weighted by Crippen LogP contribution is -2.49. The van der Waals surface area contributed by atoms with Gasteiger partial charge in [-0.25, -0.2) is 4.89 Å². The summed E-state index contributed by atoms with van der Waals surface area (Å²) in [6.07, 6.45) is 5.13. The van der Waals surface area contributed by atoms with E-state index in [9.17, 15) is 5.26 Å². The quantitative estimate of drug-likeness (QED) is 0.189. The van der Waals surface area contributed by atoms with Gasteiger partial charge in [-0.3, -0.25) is 5.26 Å². The number of rotatable bonds is 16. The summed E-state index contributed by atoms with van der Waals surface area (Å²) < 4.78 is 17.9. The fraction of sp³-hybridized carbons (Fsp3) is 0.714. The monoisotopic (exact) mass is 368 g/mol. The highest BCUT2D eigenvalue weighted by Crippen LogP contribution is 2.33. The van der Waals surface area contributed by atoms with Crippen molar-refractivity contribution < 1.29 is 24.4 Å². The van der Waals surface area contributed by atoms with Gasteiger partial charge in [-0.1, -0.05) is 70.4 Å². The van der Waals surface area contributed by atoms with Gasteiger partial charge < -0.3 is 14.2 Å². The van der Waals surface area contributed by atoms with E-state index >= 15 is 0 Å². The van der Waals surface area contributed by atoms with E-state index in [4.69, 9.17) is 19.1 Å². The van der Waals surface area contributed by atoms with Crippen molar-refractivity contribution in [1.29, 1.82) is 0 Å². The van der Waals surface area contributed by atoms with Crippen LogP contribution in [-0.2, 0) is 24.7 Å². The van der Waals surface area contributed by atoms with Gasteiger partial charge >= 0.3 is 0 Å². The molecule has 0 aliphatic rings. The maximum absolute atomic E-state index is 9.93. The molecule has 1 atom stereocenters. The van der Waals surface area contributed by atoms with Crippen LogP contribution in [0.3, 0.4) is 0 Å². The van der Waals surface area contributed by atoms with Crippen molar-refractivity contribution in [2.45, 2.75) is 71.2 Å². The zero-order valence-electron chi connectivity index (χ0n) is 16.6. The van der Waals surface area contributed by atoms with Gasteiger partial charge in [0.05, 0.1) is 6.61 Å². The van der Waals surface area contributed by atoms with Crippen LogP contribution in [0.5, 0.6) is 0 Å². The van der Waals surface area contributed by atoms with Crippen LogP contribution >= 0.6 is 0 Å². The lowest BCUT2D eigenvalue weighted by molar-refractivity contribution is -0.397. The number of benzene rings is 1. The molecule has 5 nitrogen and oxygen atoms in total.